The second-order valence-corrected chi connectivity index (χ2v) is 8.97. The summed E-state index contributed by atoms with van der Waals surface area (Å²) in [5.41, 5.74) is 1.38. The van der Waals surface area contributed by atoms with Crippen LogP contribution in [0.2, 0.25) is 5.02 Å². The number of nitrogens with one attached hydrogen (secondary N) is 2. The van der Waals surface area contributed by atoms with Gasteiger partial charge in [-0.15, -0.1) is 0 Å². The Labute approximate surface area is 216 Å². The Hall–Kier alpha value is -3.30. The zero-order valence-electron chi connectivity index (χ0n) is 20.4. The molecule has 1 aliphatic rings. The lowest BCUT2D eigenvalue weighted by Crippen LogP contribution is -2.57. The van der Waals surface area contributed by atoms with Crippen molar-refractivity contribution in [3.8, 4) is 5.75 Å². The summed E-state index contributed by atoms with van der Waals surface area (Å²) in [6, 6.07) is 14.0. The van der Waals surface area contributed by atoms with Crippen molar-refractivity contribution in [1.82, 2.24) is 15.3 Å². The fourth-order valence-corrected chi connectivity index (χ4v) is 4.23. The average molecular weight is 517 g/mol. The number of carbonyl (C=O) groups is 3. The molecular weight excluding hydrogens is 484 g/mol. The molecule has 1 atom stereocenters. The maximum Gasteiger partial charge on any atom is 0.303 e. The highest BCUT2D eigenvalue weighted by Crippen LogP contribution is 2.18. The Morgan fingerprint density at radius 2 is 1.86 bits per heavy atom. The number of hydrogen-bond acceptors (Lipinski definition) is 6. The van der Waals surface area contributed by atoms with Gasteiger partial charge >= 0.3 is 5.97 Å². The quantitative estimate of drug-likeness (QED) is 0.276. The highest BCUT2D eigenvalue weighted by molar-refractivity contribution is 6.30. The molecule has 1 fully saturated rings. The minimum Gasteiger partial charge on any atom is -0.494 e. The highest BCUT2D eigenvalue weighted by Gasteiger charge is 2.30. The molecular formula is C26H33ClN4O5. The summed E-state index contributed by atoms with van der Waals surface area (Å²) in [7, 11) is 0. The van der Waals surface area contributed by atoms with Gasteiger partial charge in [0.2, 0.25) is 5.91 Å². The van der Waals surface area contributed by atoms with Crippen LogP contribution in [0, 0.1) is 0 Å². The number of benzene rings is 2. The SMILES string of the molecule is CCN(C(=O)C(NC(=O)Cc1cccc(Cl)c1)Nc1ccc(OCCCC(=O)O)cc1)N1CCCC1. The van der Waals surface area contributed by atoms with Crippen molar-refractivity contribution in [3.63, 3.8) is 0 Å². The normalized spacial score (nSPS) is 14.2. The number of hydrazine groups is 1. The van der Waals surface area contributed by atoms with E-state index < -0.39 is 12.1 Å². The van der Waals surface area contributed by atoms with E-state index in [1.165, 1.54) is 0 Å². The highest BCUT2D eigenvalue weighted by atomic mass is 35.5. The molecule has 36 heavy (non-hydrogen) atoms. The van der Waals surface area contributed by atoms with Crippen LogP contribution in [0.5, 0.6) is 5.75 Å². The summed E-state index contributed by atoms with van der Waals surface area (Å²) in [6.07, 6.45) is 1.62. The zero-order valence-corrected chi connectivity index (χ0v) is 21.2. The molecule has 0 radical (unpaired) electrons. The van der Waals surface area contributed by atoms with E-state index in [4.69, 9.17) is 21.4 Å². The number of carbonyl (C=O) groups excluding carboxylic acids is 2. The summed E-state index contributed by atoms with van der Waals surface area (Å²) >= 11 is 6.04. The molecule has 0 aromatic heterocycles. The molecule has 10 heteroatoms. The fourth-order valence-electron chi connectivity index (χ4n) is 4.02. The predicted molar refractivity (Wildman–Crippen MR) is 138 cm³/mol. The van der Waals surface area contributed by atoms with Crippen molar-refractivity contribution < 1.29 is 24.2 Å². The number of hydrogen-bond donors (Lipinski definition) is 3. The van der Waals surface area contributed by atoms with E-state index in [9.17, 15) is 14.4 Å². The van der Waals surface area contributed by atoms with Crippen LogP contribution in [0.4, 0.5) is 5.69 Å². The third-order valence-corrected chi connectivity index (χ3v) is 5.99. The van der Waals surface area contributed by atoms with Crippen LogP contribution < -0.4 is 15.4 Å². The molecule has 194 valence electrons. The van der Waals surface area contributed by atoms with Crippen LogP contribution in [-0.2, 0) is 20.8 Å². The van der Waals surface area contributed by atoms with Crippen LogP contribution in [0.1, 0.15) is 38.2 Å². The largest absolute Gasteiger partial charge is 0.494 e. The van der Waals surface area contributed by atoms with Gasteiger partial charge in [0, 0.05) is 36.8 Å². The van der Waals surface area contributed by atoms with E-state index in [0.717, 1.165) is 31.5 Å². The van der Waals surface area contributed by atoms with Gasteiger partial charge in [0.1, 0.15) is 5.75 Å². The first kappa shape index (κ1) is 27.3. The first-order valence-corrected chi connectivity index (χ1v) is 12.5. The number of nitrogens with zero attached hydrogens (tertiary/aromatic N) is 2. The standard InChI is InChI=1S/C26H33ClN4O5/c1-2-31(30-14-3-4-15-30)26(35)25(29-23(32)18-19-7-5-8-20(27)17-19)28-21-10-12-22(13-11-21)36-16-6-9-24(33)34/h5,7-8,10-13,17,25,28H,2-4,6,9,14-16,18H2,1H3,(H,29,32)(H,33,34). The molecule has 3 rings (SSSR count). The minimum absolute atomic E-state index is 0.0449. The van der Waals surface area contributed by atoms with Gasteiger partial charge in [0.05, 0.1) is 13.0 Å². The lowest BCUT2D eigenvalue weighted by atomic mass is 10.1. The Morgan fingerprint density at radius 3 is 2.50 bits per heavy atom. The lowest BCUT2D eigenvalue weighted by Gasteiger charge is -2.34. The summed E-state index contributed by atoms with van der Waals surface area (Å²) < 4.78 is 5.57. The monoisotopic (exact) mass is 516 g/mol. The van der Waals surface area contributed by atoms with E-state index in [2.05, 4.69) is 10.6 Å². The topological polar surface area (TPSA) is 111 Å². The first-order chi connectivity index (χ1) is 17.4. The number of rotatable bonds is 13. The Kier molecular flexibility index (Phi) is 10.4. The Balaban J connectivity index is 1.69. The summed E-state index contributed by atoms with van der Waals surface area (Å²) in [5.74, 6) is -0.820. The van der Waals surface area contributed by atoms with Gasteiger partial charge in [0.15, 0.2) is 6.17 Å². The average Bonchev–Trinajstić information content (AvgIpc) is 3.37. The summed E-state index contributed by atoms with van der Waals surface area (Å²) in [6.45, 7) is 4.30. The van der Waals surface area contributed by atoms with Crippen LogP contribution in [0.3, 0.4) is 0 Å². The van der Waals surface area contributed by atoms with E-state index in [0.29, 0.717) is 36.0 Å². The van der Waals surface area contributed by atoms with Gasteiger partial charge in [-0.05, 0) is 68.1 Å². The van der Waals surface area contributed by atoms with Crippen LogP contribution in [0.15, 0.2) is 48.5 Å². The number of ether oxygens (including phenoxy) is 1. The predicted octanol–water partition coefficient (Wildman–Crippen LogP) is 3.54. The fraction of sp³-hybridized carbons (Fsp3) is 0.423. The van der Waals surface area contributed by atoms with Gasteiger partial charge in [-0.1, -0.05) is 23.7 Å². The smallest absolute Gasteiger partial charge is 0.303 e. The van der Waals surface area contributed by atoms with E-state index in [1.807, 2.05) is 18.0 Å². The van der Waals surface area contributed by atoms with Crippen molar-refractivity contribution in [2.75, 3.05) is 31.6 Å². The Morgan fingerprint density at radius 1 is 1.14 bits per heavy atom. The summed E-state index contributed by atoms with van der Waals surface area (Å²) in [4.78, 5) is 37.0. The first-order valence-electron chi connectivity index (χ1n) is 12.2. The molecule has 0 bridgehead atoms. The second-order valence-electron chi connectivity index (χ2n) is 8.54. The zero-order chi connectivity index (χ0) is 25.9. The molecule has 2 amide bonds. The van der Waals surface area contributed by atoms with E-state index >= 15 is 0 Å². The number of likely N-dealkylation sites (N-methyl/N-ethyl adjacent to an activating group) is 1. The van der Waals surface area contributed by atoms with Crippen molar-refractivity contribution in [2.24, 2.45) is 0 Å². The van der Waals surface area contributed by atoms with E-state index in [-0.39, 0.29) is 24.7 Å². The number of amides is 2. The third kappa shape index (κ3) is 8.42. The van der Waals surface area contributed by atoms with Gasteiger partial charge in [-0.25, -0.2) is 5.01 Å². The second kappa shape index (κ2) is 13.7. The third-order valence-electron chi connectivity index (χ3n) is 5.75. The summed E-state index contributed by atoms with van der Waals surface area (Å²) in [5, 5.41) is 19.0. The van der Waals surface area contributed by atoms with Crippen LogP contribution in [-0.4, -0.2) is 65.3 Å². The van der Waals surface area contributed by atoms with Crippen LogP contribution >= 0.6 is 11.6 Å². The molecule has 0 saturated carbocycles. The van der Waals surface area contributed by atoms with Crippen molar-refractivity contribution in [1.29, 1.82) is 0 Å². The maximum absolute atomic E-state index is 13.5. The van der Waals surface area contributed by atoms with Crippen LogP contribution in [0.25, 0.3) is 0 Å². The maximum atomic E-state index is 13.5. The molecule has 2 aromatic carbocycles. The van der Waals surface area contributed by atoms with E-state index in [1.54, 1.807) is 47.5 Å². The number of carboxylic acid groups (broad SMARTS) is 1. The molecule has 1 saturated heterocycles. The van der Waals surface area contributed by atoms with Gasteiger partial charge < -0.3 is 20.5 Å². The van der Waals surface area contributed by atoms with Crippen molar-refractivity contribution in [3.05, 3.63) is 59.1 Å². The van der Waals surface area contributed by atoms with Crippen molar-refractivity contribution >= 4 is 35.1 Å². The van der Waals surface area contributed by atoms with Gasteiger partial charge in [0.25, 0.3) is 5.91 Å². The molecule has 0 aliphatic carbocycles. The number of anilines is 1. The minimum atomic E-state index is -0.973. The van der Waals surface area contributed by atoms with Crippen molar-refractivity contribution in [2.45, 2.75) is 45.2 Å². The molecule has 0 spiro atoms. The molecule has 9 nitrogen and oxygen atoms in total. The molecule has 1 unspecified atom stereocenters. The van der Waals surface area contributed by atoms with Gasteiger partial charge in [-0.3, -0.25) is 19.4 Å². The number of aliphatic carboxylic acids is 1. The van der Waals surface area contributed by atoms with Gasteiger partial charge in [-0.2, -0.15) is 0 Å². The lowest BCUT2D eigenvalue weighted by molar-refractivity contribution is -0.149. The molecule has 3 N–H and O–H groups in total. The molecule has 2 aromatic rings. The molecule has 1 heterocycles. The number of carboxylic acids is 1. The molecule has 1 aliphatic heterocycles. The number of halogens is 1. The Bertz CT molecular complexity index is 1030.